The number of carbonyl (C=O) groups is 6. The van der Waals surface area contributed by atoms with E-state index in [1.807, 2.05) is 0 Å². The van der Waals surface area contributed by atoms with Crippen LogP contribution in [0.5, 0.6) is 0 Å². The SMILES string of the molecule is C#CCOC[C@H](NC(=O)C(C)(C)CC(=O)C(C)(C)NC(=O)[C@@H]([NH3+])CCCN=[N+]=[N-])C(=O)CC(C)(C)C(=O)OC.O=C([O-])C(F)(F)F. The minimum Gasteiger partial charge on any atom is -0.542 e. The molecule has 0 heterocycles. The molecule has 0 aromatic carbocycles. The highest BCUT2D eigenvalue weighted by Crippen LogP contribution is 2.26. The van der Waals surface area contributed by atoms with E-state index in [1.165, 1.54) is 21.0 Å². The Kier molecular flexibility index (Phi) is 18.5. The van der Waals surface area contributed by atoms with Crippen molar-refractivity contribution < 1.29 is 62.3 Å². The van der Waals surface area contributed by atoms with Crippen LogP contribution in [0.2, 0.25) is 0 Å². The second kappa shape index (κ2) is 19.3. The number of alkyl halides is 3. The maximum Gasteiger partial charge on any atom is 0.430 e. The number of nitrogens with zero attached hydrogens (tertiary/aromatic N) is 3. The van der Waals surface area contributed by atoms with Crippen molar-refractivity contribution in [3.05, 3.63) is 10.4 Å². The first-order valence-corrected chi connectivity index (χ1v) is 13.8. The lowest BCUT2D eigenvalue weighted by Gasteiger charge is -2.31. The molecule has 0 aliphatic heterocycles. The zero-order valence-corrected chi connectivity index (χ0v) is 27.0. The van der Waals surface area contributed by atoms with Gasteiger partial charge in [-0.05, 0) is 39.6 Å². The Morgan fingerprint density at radius 1 is 1.04 bits per heavy atom. The van der Waals surface area contributed by atoms with E-state index in [1.54, 1.807) is 27.7 Å². The number of azide groups is 1. The fourth-order valence-electron chi connectivity index (χ4n) is 3.48. The summed E-state index contributed by atoms with van der Waals surface area (Å²) in [4.78, 5) is 75.4. The third-order valence-electron chi connectivity index (χ3n) is 6.34. The summed E-state index contributed by atoms with van der Waals surface area (Å²) in [6.45, 7) is 9.17. The number of Topliss-reactive ketones (excluding diaryl/α,β-unsaturated/α-hetero) is 2. The summed E-state index contributed by atoms with van der Waals surface area (Å²) in [5, 5.41) is 17.5. The number of terminal acetylenes is 1. The van der Waals surface area contributed by atoms with Gasteiger partial charge in [0.05, 0.1) is 30.1 Å². The van der Waals surface area contributed by atoms with E-state index in [-0.39, 0.29) is 32.6 Å². The fourth-order valence-corrected chi connectivity index (χ4v) is 3.48. The van der Waals surface area contributed by atoms with Crippen molar-refractivity contribution in [2.24, 2.45) is 15.9 Å². The van der Waals surface area contributed by atoms with Crippen LogP contribution in [0.1, 0.15) is 67.2 Å². The number of esters is 1. The molecule has 0 aliphatic rings. The summed E-state index contributed by atoms with van der Waals surface area (Å²) in [7, 11) is 1.22. The van der Waals surface area contributed by atoms with E-state index >= 15 is 0 Å². The molecule has 0 saturated carbocycles. The molecule has 0 spiro atoms. The van der Waals surface area contributed by atoms with Crippen molar-refractivity contribution in [3.8, 4) is 12.3 Å². The quantitative estimate of drug-likeness (QED) is 0.0450. The molecule has 0 unspecified atom stereocenters. The zero-order chi connectivity index (χ0) is 36.5. The topological polar surface area (TPSA) is 244 Å². The number of amides is 2. The molecule has 0 rings (SSSR count). The Balaban J connectivity index is 0. The number of rotatable bonds is 18. The summed E-state index contributed by atoms with van der Waals surface area (Å²) >= 11 is 0. The second-order valence-electron chi connectivity index (χ2n) is 11.9. The molecule has 2 atom stereocenters. The number of carbonyl (C=O) groups excluding carboxylic acids is 6. The van der Waals surface area contributed by atoms with Gasteiger partial charge in [0, 0.05) is 30.7 Å². The molecular formula is C28H43F3N6O9. The molecule has 260 valence electrons. The molecule has 0 aliphatic carbocycles. The number of hydrogen-bond acceptors (Lipinski definition) is 10. The van der Waals surface area contributed by atoms with Crippen LogP contribution in [-0.4, -0.2) is 86.0 Å². The number of quaternary nitrogens is 1. The van der Waals surface area contributed by atoms with Crippen LogP contribution < -0.4 is 21.5 Å². The van der Waals surface area contributed by atoms with Crippen molar-refractivity contribution in [2.75, 3.05) is 26.9 Å². The number of aliphatic carboxylic acids is 1. The summed E-state index contributed by atoms with van der Waals surface area (Å²) in [5.41, 5.74) is 8.43. The lowest BCUT2D eigenvalue weighted by molar-refractivity contribution is -0.405. The van der Waals surface area contributed by atoms with Gasteiger partial charge in [-0.1, -0.05) is 24.9 Å². The monoisotopic (exact) mass is 664 g/mol. The summed E-state index contributed by atoms with van der Waals surface area (Å²) in [5.74, 6) is -3.22. The lowest BCUT2D eigenvalue weighted by Crippen LogP contribution is -2.69. The number of carboxylic acid groups (broad SMARTS) is 1. The van der Waals surface area contributed by atoms with Gasteiger partial charge in [-0.25, -0.2) is 0 Å². The van der Waals surface area contributed by atoms with Gasteiger partial charge in [0.15, 0.2) is 17.6 Å². The maximum atomic E-state index is 13.2. The number of methoxy groups -OCH3 is 1. The Labute approximate surface area is 265 Å². The zero-order valence-electron chi connectivity index (χ0n) is 27.0. The minimum atomic E-state index is -5.19. The molecule has 0 aromatic heterocycles. The minimum absolute atomic E-state index is 0.0887. The highest BCUT2D eigenvalue weighted by molar-refractivity contribution is 5.98. The molecule has 0 saturated heterocycles. The average molecular weight is 665 g/mol. The second-order valence-corrected chi connectivity index (χ2v) is 11.9. The Bertz CT molecular complexity index is 1190. The van der Waals surface area contributed by atoms with Gasteiger partial charge in [-0.3, -0.25) is 24.0 Å². The highest BCUT2D eigenvalue weighted by Gasteiger charge is 2.40. The van der Waals surface area contributed by atoms with E-state index in [0.717, 1.165) is 0 Å². The predicted molar refractivity (Wildman–Crippen MR) is 154 cm³/mol. The molecule has 18 heteroatoms. The third kappa shape index (κ3) is 16.8. The van der Waals surface area contributed by atoms with Crippen LogP contribution in [0.25, 0.3) is 10.4 Å². The van der Waals surface area contributed by atoms with Crippen molar-refractivity contribution in [2.45, 2.75) is 91.0 Å². The van der Waals surface area contributed by atoms with Crippen LogP contribution in [0.15, 0.2) is 5.11 Å². The van der Waals surface area contributed by atoms with Gasteiger partial charge >= 0.3 is 12.1 Å². The number of halogens is 3. The number of hydrogen-bond donors (Lipinski definition) is 3. The predicted octanol–water partition coefficient (Wildman–Crippen LogP) is 0.159. The van der Waals surface area contributed by atoms with Gasteiger partial charge in [0.1, 0.15) is 18.6 Å². The van der Waals surface area contributed by atoms with E-state index in [4.69, 9.17) is 31.3 Å². The van der Waals surface area contributed by atoms with Crippen LogP contribution >= 0.6 is 0 Å². The lowest BCUT2D eigenvalue weighted by atomic mass is 9.80. The van der Waals surface area contributed by atoms with Crippen molar-refractivity contribution in [1.29, 1.82) is 0 Å². The first kappa shape index (κ1) is 43.9. The van der Waals surface area contributed by atoms with Gasteiger partial charge < -0.3 is 35.7 Å². The Morgan fingerprint density at radius 2 is 1.59 bits per heavy atom. The fraction of sp³-hybridized carbons (Fsp3) is 0.714. The Hall–Kier alpha value is -4.20. The van der Waals surface area contributed by atoms with Crippen molar-refractivity contribution in [3.63, 3.8) is 0 Å². The molecule has 0 aromatic rings. The average Bonchev–Trinajstić information content (AvgIpc) is 2.93. The molecule has 5 N–H and O–H groups in total. The molecule has 0 bridgehead atoms. The van der Waals surface area contributed by atoms with Crippen LogP contribution in [0.4, 0.5) is 13.2 Å². The van der Waals surface area contributed by atoms with E-state index < -0.39 is 69.9 Å². The van der Waals surface area contributed by atoms with E-state index in [0.29, 0.717) is 12.8 Å². The van der Waals surface area contributed by atoms with E-state index in [2.05, 4.69) is 32.3 Å². The van der Waals surface area contributed by atoms with Gasteiger partial charge in [-0.2, -0.15) is 13.2 Å². The van der Waals surface area contributed by atoms with Crippen molar-refractivity contribution in [1.82, 2.24) is 10.6 Å². The normalized spacial score (nSPS) is 12.9. The maximum absolute atomic E-state index is 13.2. The standard InChI is InChI=1S/C26H42N6O7.C2HF3O2/c1-9-13-39-16-18(19(33)14-25(4,5)23(37)38-8)30-22(36)24(2,3)15-20(34)26(6,7)31-21(35)17(27)11-10-12-29-32-28;3-2(4,5)1(6)7/h1,17-18H,10-16,27H2,2-8H3,(H,30,36)(H,31,35);(H,6,7)/t17-,18-;/m0./s1. The Morgan fingerprint density at radius 3 is 2.04 bits per heavy atom. The van der Waals surface area contributed by atoms with Crippen LogP contribution in [0.3, 0.4) is 0 Å². The van der Waals surface area contributed by atoms with Crippen LogP contribution in [0, 0.1) is 23.2 Å². The number of nitrogens with one attached hydrogen (secondary N) is 2. The molecule has 46 heavy (non-hydrogen) atoms. The highest BCUT2D eigenvalue weighted by atomic mass is 19.4. The summed E-state index contributed by atoms with van der Waals surface area (Å²) in [6.07, 6.45) is 0.379. The van der Waals surface area contributed by atoms with Gasteiger partial charge in [-0.15, -0.1) is 6.42 Å². The number of carboxylic acids is 1. The first-order valence-electron chi connectivity index (χ1n) is 13.8. The van der Waals surface area contributed by atoms with E-state index in [9.17, 15) is 37.1 Å². The largest absolute Gasteiger partial charge is 0.542 e. The van der Waals surface area contributed by atoms with Gasteiger partial charge in [0.25, 0.3) is 5.91 Å². The molecular weight excluding hydrogens is 621 g/mol. The van der Waals surface area contributed by atoms with Crippen LogP contribution in [-0.2, 0) is 38.2 Å². The number of ether oxygens (including phenoxy) is 2. The first-order chi connectivity index (χ1) is 20.9. The molecule has 0 radical (unpaired) electrons. The summed E-state index contributed by atoms with van der Waals surface area (Å²) < 4.78 is 41.6. The molecule has 0 fully saturated rings. The number of ketones is 2. The summed E-state index contributed by atoms with van der Waals surface area (Å²) in [6, 6.07) is -1.78. The molecule has 15 nitrogen and oxygen atoms in total. The van der Waals surface area contributed by atoms with Crippen molar-refractivity contribution >= 4 is 35.3 Å². The van der Waals surface area contributed by atoms with Gasteiger partial charge in [0.2, 0.25) is 5.91 Å². The molecule has 2 amide bonds. The smallest absolute Gasteiger partial charge is 0.430 e. The third-order valence-corrected chi connectivity index (χ3v) is 6.34.